The lowest BCUT2D eigenvalue weighted by Gasteiger charge is -2.14. The maximum Gasteiger partial charge on any atom is 0.153 e. The van der Waals surface area contributed by atoms with Crippen molar-refractivity contribution in [3.63, 3.8) is 0 Å². The standard InChI is InChI=1S/C11H14N2O2/c1-13(2)11-8(7-14)5-10(6-12-11)15-9-3-4-9/h5-7,9H,3-4H2,1-2H3. The van der Waals surface area contributed by atoms with E-state index in [0.29, 0.717) is 23.2 Å². The highest BCUT2D eigenvalue weighted by Gasteiger charge is 2.24. The molecule has 0 unspecified atom stereocenters. The lowest BCUT2D eigenvalue weighted by atomic mass is 10.2. The van der Waals surface area contributed by atoms with Gasteiger partial charge < -0.3 is 9.64 Å². The van der Waals surface area contributed by atoms with E-state index < -0.39 is 0 Å². The molecular weight excluding hydrogens is 192 g/mol. The van der Waals surface area contributed by atoms with E-state index in [1.165, 1.54) is 0 Å². The second-order valence-corrected chi connectivity index (χ2v) is 3.91. The minimum Gasteiger partial charge on any atom is -0.489 e. The van der Waals surface area contributed by atoms with Crippen molar-refractivity contribution in [1.29, 1.82) is 0 Å². The Labute approximate surface area is 88.9 Å². The highest BCUT2D eigenvalue weighted by atomic mass is 16.5. The number of hydrogen-bond acceptors (Lipinski definition) is 4. The molecule has 0 amide bonds. The fraction of sp³-hybridized carbons (Fsp3) is 0.455. The van der Waals surface area contributed by atoms with Gasteiger partial charge in [-0.05, 0) is 18.9 Å². The van der Waals surface area contributed by atoms with Crippen molar-refractivity contribution in [2.45, 2.75) is 18.9 Å². The number of hydrogen-bond donors (Lipinski definition) is 0. The molecule has 1 saturated carbocycles. The van der Waals surface area contributed by atoms with Gasteiger partial charge >= 0.3 is 0 Å². The summed E-state index contributed by atoms with van der Waals surface area (Å²) in [5, 5.41) is 0. The zero-order valence-electron chi connectivity index (χ0n) is 8.93. The van der Waals surface area contributed by atoms with E-state index >= 15 is 0 Å². The van der Waals surface area contributed by atoms with Crippen LogP contribution < -0.4 is 9.64 Å². The van der Waals surface area contributed by atoms with Gasteiger partial charge in [-0.2, -0.15) is 0 Å². The Bertz CT molecular complexity index is 373. The number of aromatic nitrogens is 1. The minimum atomic E-state index is 0.330. The van der Waals surface area contributed by atoms with Crippen LogP contribution in [0.2, 0.25) is 0 Å². The van der Waals surface area contributed by atoms with Gasteiger partial charge in [-0.15, -0.1) is 0 Å². The molecule has 1 aliphatic carbocycles. The third-order valence-corrected chi connectivity index (χ3v) is 2.25. The molecule has 1 fully saturated rings. The molecule has 80 valence electrons. The maximum absolute atomic E-state index is 10.9. The summed E-state index contributed by atoms with van der Waals surface area (Å²) in [6, 6.07) is 1.74. The van der Waals surface area contributed by atoms with Crippen molar-refractivity contribution in [2.75, 3.05) is 19.0 Å². The molecule has 4 nitrogen and oxygen atoms in total. The fourth-order valence-corrected chi connectivity index (χ4v) is 1.36. The Morgan fingerprint density at radius 3 is 2.80 bits per heavy atom. The molecular formula is C11H14N2O2. The van der Waals surface area contributed by atoms with Gasteiger partial charge in [0.25, 0.3) is 0 Å². The lowest BCUT2D eigenvalue weighted by molar-refractivity contribution is 0.112. The van der Waals surface area contributed by atoms with Gasteiger partial charge in [0.05, 0.1) is 17.9 Å². The number of carbonyl (C=O) groups excluding carboxylic acids is 1. The zero-order valence-corrected chi connectivity index (χ0v) is 8.93. The molecule has 4 heteroatoms. The third kappa shape index (κ3) is 2.26. The van der Waals surface area contributed by atoms with E-state index in [2.05, 4.69) is 4.98 Å². The summed E-state index contributed by atoms with van der Waals surface area (Å²) >= 11 is 0. The van der Waals surface area contributed by atoms with Gasteiger partial charge in [0, 0.05) is 14.1 Å². The lowest BCUT2D eigenvalue weighted by Crippen LogP contribution is -2.13. The van der Waals surface area contributed by atoms with Crippen LogP contribution in [0, 0.1) is 0 Å². The Morgan fingerprint density at radius 2 is 2.27 bits per heavy atom. The van der Waals surface area contributed by atoms with Crippen molar-refractivity contribution in [3.05, 3.63) is 17.8 Å². The van der Waals surface area contributed by atoms with Crippen LogP contribution in [0.4, 0.5) is 5.82 Å². The summed E-state index contributed by atoms with van der Waals surface area (Å²) in [7, 11) is 3.72. The summed E-state index contributed by atoms with van der Waals surface area (Å²) in [4.78, 5) is 16.9. The molecule has 0 radical (unpaired) electrons. The summed E-state index contributed by atoms with van der Waals surface area (Å²) in [6.07, 6.45) is 5.01. The number of pyridine rings is 1. The Morgan fingerprint density at radius 1 is 1.53 bits per heavy atom. The molecule has 1 aromatic rings. The van der Waals surface area contributed by atoms with Gasteiger partial charge in [-0.1, -0.05) is 0 Å². The van der Waals surface area contributed by atoms with Crippen LogP contribution in [0.1, 0.15) is 23.2 Å². The van der Waals surface area contributed by atoms with Gasteiger partial charge in [0.15, 0.2) is 6.29 Å². The first-order valence-corrected chi connectivity index (χ1v) is 5.00. The Kier molecular flexibility index (Phi) is 2.58. The number of carbonyl (C=O) groups is 1. The summed E-state index contributed by atoms with van der Waals surface area (Å²) in [5.74, 6) is 1.36. The quantitative estimate of drug-likeness (QED) is 0.700. The van der Waals surface area contributed by atoms with Crippen LogP contribution in [0.15, 0.2) is 12.3 Å². The van der Waals surface area contributed by atoms with Crippen molar-refractivity contribution < 1.29 is 9.53 Å². The van der Waals surface area contributed by atoms with E-state index in [0.717, 1.165) is 19.1 Å². The normalized spacial score (nSPS) is 14.8. The molecule has 1 aliphatic rings. The highest BCUT2D eigenvalue weighted by Crippen LogP contribution is 2.28. The highest BCUT2D eigenvalue weighted by molar-refractivity contribution is 5.83. The smallest absolute Gasteiger partial charge is 0.153 e. The molecule has 0 aliphatic heterocycles. The number of aldehydes is 1. The molecule has 0 aromatic carbocycles. The molecule has 0 N–H and O–H groups in total. The third-order valence-electron chi connectivity index (χ3n) is 2.25. The predicted molar refractivity (Wildman–Crippen MR) is 57.6 cm³/mol. The first-order chi connectivity index (χ1) is 7.20. The van der Waals surface area contributed by atoms with Crippen LogP contribution in [0.5, 0.6) is 5.75 Å². The van der Waals surface area contributed by atoms with Crippen LogP contribution in [0.3, 0.4) is 0 Å². The van der Waals surface area contributed by atoms with Crippen LogP contribution in [0.25, 0.3) is 0 Å². The monoisotopic (exact) mass is 206 g/mol. The summed E-state index contributed by atoms with van der Waals surface area (Å²) in [5.41, 5.74) is 0.568. The molecule has 1 heterocycles. The van der Waals surface area contributed by atoms with E-state index in [9.17, 15) is 4.79 Å². The number of rotatable bonds is 4. The van der Waals surface area contributed by atoms with Gasteiger partial charge in [0.1, 0.15) is 11.6 Å². The molecule has 1 aromatic heterocycles. The largest absolute Gasteiger partial charge is 0.489 e. The maximum atomic E-state index is 10.9. The summed E-state index contributed by atoms with van der Waals surface area (Å²) < 4.78 is 5.56. The van der Waals surface area contributed by atoms with E-state index in [-0.39, 0.29) is 0 Å². The second kappa shape index (κ2) is 3.88. The van der Waals surface area contributed by atoms with Crippen molar-refractivity contribution in [3.8, 4) is 5.75 Å². The van der Waals surface area contributed by atoms with Crippen molar-refractivity contribution in [2.24, 2.45) is 0 Å². The van der Waals surface area contributed by atoms with E-state index in [1.807, 2.05) is 19.0 Å². The number of ether oxygens (including phenoxy) is 1. The molecule has 15 heavy (non-hydrogen) atoms. The van der Waals surface area contributed by atoms with Crippen LogP contribution >= 0.6 is 0 Å². The van der Waals surface area contributed by atoms with Gasteiger partial charge in [-0.25, -0.2) is 4.98 Å². The van der Waals surface area contributed by atoms with Crippen LogP contribution in [-0.2, 0) is 0 Å². The molecule has 2 rings (SSSR count). The Balaban J connectivity index is 2.24. The van der Waals surface area contributed by atoms with E-state index in [1.54, 1.807) is 12.3 Å². The molecule has 0 spiro atoms. The van der Waals surface area contributed by atoms with E-state index in [4.69, 9.17) is 4.74 Å². The molecule has 0 bridgehead atoms. The average Bonchev–Trinajstić information content (AvgIpc) is 3.01. The van der Waals surface area contributed by atoms with Crippen LogP contribution in [-0.4, -0.2) is 31.5 Å². The summed E-state index contributed by atoms with van der Waals surface area (Å²) in [6.45, 7) is 0. The fourth-order valence-electron chi connectivity index (χ4n) is 1.36. The second-order valence-electron chi connectivity index (χ2n) is 3.91. The van der Waals surface area contributed by atoms with Gasteiger partial charge in [0.2, 0.25) is 0 Å². The van der Waals surface area contributed by atoms with Crippen molar-refractivity contribution in [1.82, 2.24) is 4.98 Å². The first-order valence-electron chi connectivity index (χ1n) is 5.00. The number of nitrogens with zero attached hydrogens (tertiary/aromatic N) is 2. The molecule has 0 atom stereocenters. The predicted octanol–water partition coefficient (Wildman–Crippen LogP) is 1.50. The average molecular weight is 206 g/mol. The minimum absolute atomic E-state index is 0.330. The van der Waals surface area contributed by atoms with Gasteiger partial charge in [-0.3, -0.25) is 4.79 Å². The topological polar surface area (TPSA) is 42.4 Å². The SMILES string of the molecule is CN(C)c1ncc(OC2CC2)cc1C=O. The Hall–Kier alpha value is -1.58. The first kappa shape index (κ1) is 9.96. The van der Waals surface area contributed by atoms with Crippen molar-refractivity contribution >= 4 is 12.1 Å². The zero-order chi connectivity index (χ0) is 10.8. The number of anilines is 1. The molecule has 0 saturated heterocycles.